The molecule has 3 rings (SSSR count). The number of aromatic nitrogens is 2. The van der Waals surface area contributed by atoms with Crippen LogP contribution in [-0.4, -0.2) is 41.8 Å². The van der Waals surface area contributed by atoms with Gasteiger partial charge in [-0.2, -0.15) is 5.10 Å². The van der Waals surface area contributed by atoms with E-state index in [2.05, 4.69) is 32.1 Å². The number of halogens is 1. The smallest absolute Gasteiger partial charge is 0.225 e. The number of fused-ring (bicyclic) bond motifs is 1. The van der Waals surface area contributed by atoms with Crippen LogP contribution in [0.5, 0.6) is 0 Å². The summed E-state index contributed by atoms with van der Waals surface area (Å²) in [6.07, 6.45) is 5.35. The van der Waals surface area contributed by atoms with Gasteiger partial charge < -0.3 is 16.0 Å². The van der Waals surface area contributed by atoms with Gasteiger partial charge in [-0.15, -0.1) is 24.0 Å². The number of amides is 1. The van der Waals surface area contributed by atoms with Crippen LogP contribution in [0, 0.1) is 6.92 Å². The predicted octanol–water partition coefficient (Wildman–Crippen LogP) is 2.49. The molecule has 1 aliphatic heterocycles. The molecule has 3 N–H and O–H groups in total. The van der Waals surface area contributed by atoms with Gasteiger partial charge in [0.05, 0.1) is 6.20 Å². The maximum atomic E-state index is 11.9. The van der Waals surface area contributed by atoms with Gasteiger partial charge in [-0.3, -0.25) is 14.5 Å². The van der Waals surface area contributed by atoms with Crippen LogP contribution >= 0.6 is 24.0 Å². The first-order chi connectivity index (χ1) is 12.7. The first-order valence-corrected chi connectivity index (χ1v) is 8.98. The molecule has 1 aliphatic rings. The molecule has 2 heterocycles. The fourth-order valence-electron chi connectivity index (χ4n) is 3.16. The Balaban J connectivity index is 0.00000261. The van der Waals surface area contributed by atoms with Crippen LogP contribution in [0.25, 0.3) is 0 Å². The van der Waals surface area contributed by atoms with Crippen LogP contribution in [-0.2, 0) is 11.3 Å². The first kappa shape index (κ1) is 21.2. The number of hydrogen-bond donors (Lipinski definition) is 3. The summed E-state index contributed by atoms with van der Waals surface area (Å²) in [5, 5.41) is 13.9. The quantitative estimate of drug-likeness (QED) is 0.256. The second kappa shape index (κ2) is 10.3. The van der Waals surface area contributed by atoms with Crippen LogP contribution in [0.3, 0.4) is 0 Å². The lowest BCUT2D eigenvalue weighted by Gasteiger charge is -2.26. The van der Waals surface area contributed by atoms with Gasteiger partial charge in [0, 0.05) is 50.9 Å². The van der Waals surface area contributed by atoms with E-state index in [0.29, 0.717) is 13.0 Å². The zero-order valence-corrected chi connectivity index (χ0v) is 18.1. The Bertz CT molecular complexity index is 788. The number of para-hydroxylation sites is 1. The summed E-state index contributed by atoms with van der Waals surface area (Å²) in [6.45, 7) is 4.38. The highest BCUT2D eigenvalue weighted by molar-refractivity contribution is 14.0. The third-order valence-electron chi connectivity index (χ3n) is 4.46. The van der Waals surface area contributed by atoms with Crippen LogP contribution in [0.2, 0.25) is 0 Å². The summed E-state index contributed by atoms with van der Waals surface area (Å²) in [6, 6.07) is 7.97. The van der Waals surface area contributed by atoms with Crippen LogP contribution < -0.4 is 16.0 Å². The SMILES string of the molecule is CN=C(NCCCn1cc(C)cn1)NCC1CC(=O)Nc2ccccc21.I. The third-order valence-corrected chi connectivity index (χ3v) is 4.46. The van der Waals surface area contributed by atoms with Crippen molar-refractivity contribution in [3.63, 3.8) is 0 Å². The van der Waals surface area contributed by atoms with Crippen molar-refractivity contribution in [3.8, 4) is 0 Å². The Kier molecular flexibility index (Phi) is 8.08. The topological polar surface area (TPSA) is 83.3 Å². The van der Waals surface area contributed by atoms with E-state index in [1.54, 1.807) is 7.05 Å². The van der Waals surface area contributed by atoms with Crippen molar-refractivity contribution in [1.82, 2.24) is 20.4 Å². The van der Waals surface area contributed by atoms with Crippen LogP contribution in [0.4, 0.5) is 5.69 Å². The number of benzene rings is 1. The van der Waals surface area contributed by atoms with Gasteiger partial charge in [0.1, 0.15) is 0 Å². The highest BCUT2D eigenvalue weighted by Crippen LogP contribution is 2.31. The molecule has 0 saturated heterocycles. The number of carbonyl (C=O) groups excluding carboxylic acids is 1. The lowest BCUT2D eigenvalue weighted by Crippen LogP contribution is -2.41. The number of rotatable bonds is 6. The van der Waals surface area contributed by atoms with Gasteiger partial charge in [-0.05, 0) is 30.5 Å². The minimum atomic E-state index is 0. The van der Waals surface area contributed by atoms with Gasteiger partial charge in [0.2, 0.25) is 5.91 Å². The molecule has 1 unspecified atom stereocenters. The number of guanidine groups is 1. The molecule has 1 amide bonds. The van der Waals surface area contributed by atoms with E-state index in [1.165, 1.54) is 11.1 Å². The maximum Gasteiger partial charge on any atom is 0.225 e. The Labute approximate surface area is 177 Å². The Morgan fingerprint density at radius 1 is 1.37 bits per heavy atom. The van der Waals surface area contributed by atoms with E-state index in [0.717, 1.165) is 31.2 Å². The van der Waals surface area contributed by atoms with E-state index in [4.69, 9.17) is 0 Å². The van der Waals surface area contributed by atoms with E-state index < -0.39 is 0 Å². The minimum absolute atomic E-state index is 0. The Morgan fingerprint density at radius 3 is 2.93 bits per heavy atom. The zero-order valence-electron chi connectivity index (χ0n) is 15.7. The Morgan fingerprint density at radius 2 is 2.19 bits per heavy atom. The largest absolute Gasteiger partial charge is 0.356 e. The molecule has 1 aromatic carbocycles. The molecule has 0 fully saturated rings. The molecule has 1 atom stereocenters. The first-order valence-electron chi connectivity index (χ1n) is 8.98. The lowest BCUT2D eigenvalue weighted by atomic mass is 9.90. The van der Waals surface area contributed by atoms with E-state index in [-0.39, 0.29) is 35.8 Å². The fourth-order valence-corrected chi connectivity index (χ4v) is 3.16. The van der Waals surface area contributed by atoms with Gasteiger partial charge in [-0.1, -0.05) is 18.2 Å². The molecule has 1 aromatic heterocycles. The van der Waals surface area contributed by atoms with E-state index in [9.17, 15) is 4.79 Å². The number of hydrogen-bond acceptors (Lipinski definition) is 3. The van der Waals surface area contributed by atoms with E-state index in [1.807, 2.05) is 42.2 Å². The van der Waals surface area contributed by atoms with Crippen molar-refractivity contribution < 1.29 is 4.79 Å². The number of aliphatic imine (C=N–C) groups is 1. The van der Waals surface area contributed by atoms with Crippen LogP contribution in [0.15, 0.2) is 41.7 Å². The highest BCUT2D eigenvalue weighted by Gasteiger charge is 2.24. The van der Waals surface area contributed by atoms with Gasteiger partial charge in [0.25, 0.3) is 0 Å². The van der Waals surface area contributed by atoms with Gasteiger partial charge in [-0.25, -0.2) is 0 Å². The monoisotopic (exact) mass is 482 g/mol. The summed E-state index contributed by atoms with van der Waals surface area (Å²) >= 11 is 0. The number of aryl methyl sites for hydroxylation is 2. The number of anilines is 1. The van der Waals surface area contributed by atoms with Gasteiger partial charge in [0.15, 0.2) is 5.96 Å². The molecule has 27 heavy (non-hydrogen) atoms. The Hall–Kier alpha value is -2.10. The number of nitrogens with zero attached hydrogens (tertiary/aromatic N) is 3. The van der Waals surface area contributed by atoms with Crippen molar-refractivity contribution in [2.24, 2.45) is 4.99 Å². The molecule has 7 nitrogen and oxygen atoms in total. The van der Waals surface area contributed by atoms with Crippen molar-refractivity contribution in [2.75, 3.05) is 25.5 Å². The standard InChI is InChI=1S/C19H26N6O.HI/c1-14-11-23-25(13-14)9-5-8-21-19(20-2)22-12-15-10-18(26)24-17-7-4-3-6-16(15)17;/h3-4,6-7,11,13,15H,5,8-10,12H2,1-2H3,(H,24,26)(H2,20,21,22);1H. The van der Waals surface area contributed by atoms with Crippen LogP contribution in [0.1, 0.15) is 29.9 Å². The molecule has 146 valence electrons. The summed E-state index contributed by atoms with van der Waals surface area (Å²) in [7, 11) is 1.76. The molecule has 0 aliphatic carbocycles. The molecular formula is C19H27IN6O. The molecule has 0 saturated carbocycles. The second-order valence-electron chi connectivity index (χ2n) is 6.55. The summed E-state index contributed by atoms with van der Waals surface area (Å²) in [5.74, 6) is 0.962. The summed E-state index contributed by atoms with van der Waals surface area (Å²) in [4.78, 5) is 16.2. The normalized spacial score (nSPS) is 16.1. The maximum absolute atomic E-state index is 11.9. The second-order valence-corrected chi connectivity index (χ2v) is 6.55. The molecule has 2 aromatic rings. The summed E-state index contributed by atoms with van der Waals surface area (Å²) in [5.41, 5.74) is 3.25. The zero-order chi connectivity index (χ0) is 18.4. The molecule has 0 bridgehead atoms. The molecule has 0 radical (unpaired) electrons. The van der Waals surface area contributed by atoms with Crippen molar-refractivity contribution in [3.05, 3.63) is 47.8 Å². The number of carbonyl (C=O) groups is 1. The lowest BCUT2D eigenvalue weighted by molar-refractivity contribution is -0.116. The fraction of sp³-hybridized carbons (Fsp3) is 0.421. The van der Waals surface area contributed by atoms with Crippen molar-refractivity contribution >= 4 is 41.5 Å². The number of nitrogens with one attached hydrogen (secondary N) is 3. The molecule has 8 heteroatoms. The average molecular weight is 482 g/mol. The molecular weight excluding hydrogens is 455 g/mol. The van der Waals surface area contributed by atoms with Crippen molar-refractivity contribution in [2.45, 2.75) is 32.2 Å². The third kappa shape index (κ3) is 5.95. The van der Waals surface area contributed by atoms with Crippen molar-refractivity contribution in [1.29, 1.82) is 0 Å². The highest BCUT2D eigenvalue weighted by atomic mass is 127. The van der Waals surface area contributed by atoms with E-state index >= 15 is 0 Å². The minimum Gasteiger partial charge on any atom is -0.356 e. The van der Waals surface area contributed by atoms with Gasteiger partial charge >= 0.3 is 0 Å². The molecule has 0 spiro atoms. The predicted molar refractivity (Wildman–Crippen MR) is 119 cm³/mol. The average Bonchev–Trinajstić information content (AvgIpc) is 3.06. The summed E-state index contributed by atoms with van der Waals surface area (Å²) < 4.78 is 1.95.